The molecule has 0 aromatic heterocycles. The van der Waals surface area contributed by atoms with Gasteiger partial charge >= 0.3 is 0 Å². The molecule has 104 valence electrons. The van der Waals surface area contributed by atoms with Crippen molar-refractivity contribution in [3.63, 3.8) is 0 Å². The van der Waals surface area contributed by atoms with E-state index in [0.717, 1.165) is 36.5 Å². The maximum atomic E-state index is 13.2. The Morgan fingerprint density at radius 3 is 3.00 bits per heavy atom. The van der Waals surface area contributed by atoms with Crippen LogP contribution >= 0.6 is 0 Å². The third-order valence-electron chi connectivity index (χ3n) is 5.55. The van der Waals surface area contributed by atoms with Crippen molar-refractivity contribution in [2.24, 2.45) is 17.3 Å². The first-order valence-electron chi connectivity index (χ1n) is 7.55. The molecular weight excluding hydrogens is 253 g/mol. The molecule has 1 aromatic rings. The van der Waals surface area contributed by atoms with Crippen LogP contribution < -0.4 is 4.74 Å². The Morgan fingerprint density at radius 2 is 2.30 bits per heavy atom. The molecule has 0 saturated heterocycles. The van der Waals surface area contributed by atoms with Gasteiger partial charge in [-0.15, -0.1) is 0 Å². The summed E-state index contributed by atoms with van der Waals surface area (Å²) >= 11 is 0. The summed E-state index contributed by atoms with van der Waals surface area (Å²) in [7, 11) is 0. The molecule has 4 atom stereocenters. The molecule has 0 N–H and O–H groups in total. The van der Waals surface area contributed by atoms with Gasteiger partial charge in [-0.1, -0.05) is 6.42 Å². The Morgan fingerprint density at radius 1 is 1.40 bits per heavy atom. The van der Waals surface area contributed by atoms with Crippen LogP contribution in [0.2, 0.25) is 0 Å². The van der Waals surface area contributed by atoms with Gasteiger partial charge in [-0.05, 0) is 49.3 Å². The molecule has 1 aliphatic heterocycles. The van der Waals surface area contributed by atoms with Crippen LogP contribution in [0.5, 0.6) is 5.75 Å². The van der Waals surface area contributed by atoms with Crippen molar-refractivity contribution in [1.82, 2.24) is 0 Å². The number of halogens is 1. The second-order valence-electron chi connectivity index (χ2n) is 6.75. The van der Waals surface area contributed by atoms with Crippen LogP contribution in [0.15, 0.2) is 18.2 Å². The van der Waals surface area contributed by atoms with Gasteiger partial charge in [-0.25, -0.2) is 4.39 Å². The molecule has 0 spiro atoms. The molecule has 2 nitrogen and oxygen atoms in total. The van der Waals surface area contributed by atoms with Crippen molar-refractivity contribution in [3.05, 3.63) is 29.6 Å². The molecule has 3 heteroatoms. The summed E-state index contributed by atoms with van der Waals surface area (Å²) < 4.78 is 19.2. The van der Waals surface area contributed by atoms with E-state index in [1.54, 1.807) is 12.1 Å². The summed E-state index contributed by atoms with van der Waals surface area (Å²) in [5.74, 6) is 1.90. The minimum Gasteiger partial charge on any atom is -0.490 e. The summed E-state index contributed by atoms with van der Waals surface area (Å²) in [4.78, 5) is 0. The fraction of sp³-hybridized carbons (Fsp3) is 0.588. The van der Waals surface area contributed by atoms with E-state index < -0.39 is 0 Å². The van der Waals surface area contributed by atoms with Gasteiger partial charge in [0.05, 0.1) is 11.5 Å². The zero-order valence-electron chi connectivity index (χ0n) is 11.4. The van der Waals surface area contributed by atoms with Crippen molar-refractivity contribution in [2.75, 3.05) is 0 Å². The van der Waals surface area contributed by atoms with Crippen LogP contribution in [0.25, 0.3) is 0 Å². The van der Waals surface area contributed by atoms with Gasteiger partial charge in [0, 0.05) is 18.4 Å². The van der Waals surface area contributed by atoms with E-state index in [1.807, 2.05) is 0 Å². The van der Waals surface area contributed by atoms with E-state index in [0.29, 0.717) is 5.92 Å². The van der Waals surface area contributed by atoms with Gasteiger partial charge in [0.1, 0.15) is 17.7 Å². The fourth-order valence-electron chi connectivity index (χ4n) is 4.69. The maximum absolute atomic E-state index is 13.2. The molecule has 1 aromatic carbocycles. The standard InChI is InChI=1S/C17H18FNO/c18-14-3-4-16-12(6-14)7-15(20-16)9-17(10-19)8-11-1-2-13(17)5-11/h3-4,6,11,13,15H,1-2,5,7-9H2. The van der Waals surface area contributed by atoms with Crippen molar-refractivity contribution in [3.8, 4) is 11.8 Å². The molecule has 3 aliphatic rings. The Kier molecular flexibility index (Phi) is 2.57. The highest BCUT2D eigenvalue weighted by Crippen LogP contribution is 2.58. The molecule has 4 unspecified atom stereocenters. The summed E-state index contributed by atoms with van der Waals surface area (Å²) in [5.41, 5.74) is 0.764. The lowest BCUT2D eigenvalue weighted by Gasteiger charge is -2.32. The number of nitriles is 1. The number of ether oxygens (including phenoxy) is 1. The number of rotatable bonds is 2. The second-order valence-corrected chi connectivity index (χ2v) is 6.75. The van der Waals surface area contributed by atoms with Gasteiger partial charge in [0.15, 0.2) is 0 Å². The van der Waals surface area contributed by atoms with Crippen molar-refractivity contribution in [2.45, 2.75) is 44.6 Å². The van der Waals surface area contributed by atoms with Crippen LogP contribution in [0, 0.1) is 34.4 Å². The number of hydrogen-bond donors (Lipinski definition) is 0. The maximum Gasteiger partial charge on any atom is 0.123 e. The lowest BCUT2D eigenvalue weighted by atomic mass is 9.70. The van der Waals surface area contributed by atoms with E-state index >= 15 is 0 Å². The van der Waals surface area contributed by atoms with Crippen LogP contribution in [0.4, 0.5) is 4.39 Å². The van der Waals surface area contributed by atoms with Gasteiger partial charge < -0.3 is 4.74 Å². The molecule has 2 bridgehead atoms. The van der Waals surface area contributed by atoms with E-state index in [1.165, 1.54) is 25.3 Å². The van der Waals surface area contributed by atoms with Crippen LogP contribution in [0.3, 0.4) is 0 Å². The number of hydrogen-bond acceptors (Lipinski definition) is 2. The smallest absolute Gasteiger partial charge is 0.123 e. The van der Waals surface area contributed by atoms with Crippen molar-refractivity contribution >= 4 is 0 Å². The molecule has 2 aliphatic carbocycles. The minimum absolute atomic E-state index is 0.0470. The first kappa shape index (κ1) is 12.2. The average molecular weight is 271 g/mol. The fourth-order valence-corrected chi connectivity index (χ4v) is 4.69. The SMILES string of the molecule is N#CC1(CC2Cc3cc(F)ccc3O2)CC2CCC1C2. The first-order valence-corrected chi connectivity index (χ1v) is 7.55. The molecule has 20 heavy (non-hydrogen) atoms. The van der Waals surface area contributed by atoms with Crippen molar-refractivity contribution < 1.29 is 9.13 Å². The van der Waals surface area contributed by atoms with E-state index in [9.17, 15) is 9.65 Å². The van der Waals surface area contributed by atoms with E-state index in [4.69, 9.17) is 4.74 Å². The zero-order valence-corrected chi connectivity index (χ0v) is 11.4. The predicted molar refractivity (Wildman–Crippen MR) is 72.6 cm³/mol. The third-order valence-corrected chi connectivity index (χ3v) is 5.55. The van der Waals surface area contributed by atoms with Crippen LogP contribution in [-0.2, 0) is 6.42 Å². The normalized spacial score (nSPS) is 37.5. The molecule has 0 amide bonds. The predicted octanol–water partition coefficient (Wildman–Crippen LogP) is 3.85. The van der Waals surface area contributed by atoms with Crippen molar-refractivity contribution in [1.29, 1.82) is 5.26 Å². The number of benzene rings is 1. The molecule has 4 rings (SSSR count). The van der Waals surface area contributed by atoms with Gasteiger partial charge in [0.2, 0.25) is 0 Å². The third kappa shape index (κ3) is 1.74. The highest BCUT2D eigenvalue weighted by Gasteiger charge is 2.52. The monoisotopic (exact) mass is 271 g/mol. The Bertz CT molecular complexity index is 593. The summed E-state index contributed by atoms with van der Waals surface area (Å²) in [6.07, 6.45) is 6.36. The number of nitrogens with zero attached hydrogens (tertiary/aromatic N) is 1. The van der Waals surface area contributed by atoms with Gasteiger partial charge in [-0.3, -0.25) is 0 Å². The lowest BCUT2D eigenvalue weighted by molar-refractivity contribution is 0.126. The number of fused-ring (bicyclic) bond motifs is 3. The highest BCUT2D eigenvalue weighted by molar-refractivity contribution is 5.38. The second kappa shape index (κ2) is 4.22. The first-order chi connectivity index (χ1) is 9.68. The van der Waals surface area contributed by atoms with E-state index in [-0.39, 0.29) is 17.3 Å². The topological polar surface area (TPSA) is 33.0 Å². The van der Waals surface area contributed by atoms with E-state index in [2.05, 4.69) is 6.07 Å². The summed E-state index contributed by atoms with van der Waals surface area (Å²) in [5, 5.41) is 9.69. The summed E-state index contributed by atoms with van der Waals surface area (Å²) in [6, 6.07) is 7.34. The molecule has 2 saturated carbocycles. The molecular formula is C17H18FNO. The lowest BCUT2D eigenvalue weighted by Crippen LogP contribution is -2.32. The largest absolute Gasteiger partial charge is 0.490 e. The molecule has 0 radical (unpaired) electrons. The minimum atomic E-state index is -0.206. The highest BCUT2D eigenvalue weighted by atomic mass is 19.1. The van der Waals surface area contributed by atoms with Gasteiger partial charge in [0.25, 0.3) is 0 Å². The average Bonchev–Trinajstić information content (AvgIpc) is 3.11. The van der Waals surface area contributed by atoms with Crippen LogP contribution in [0.1, 0.15) is 37.7 Å². The summed E-state index contributed by atoms with van der Waals surface area (Å²) in [6.45, 7) is 0. The van der Waals surface area contributed by atoms with Gasteiger partial charge in [-0.2, -0.15) is 5.26 Å². The van der Waals surface area contributed by atoms with Crippen LogP contribution in [-0.4, -0.2) is 6.10 Å². The Hall–Kier alpha value is -1.56. The molecule has 2 fully saturated rings. The Labute approximate surface area is 118 Å². The molecule has 1 heterocycles. The Balaban J connectivity index is 1.53. The quantitative estimate of drug-likeness (QED) is 0.818. The zero-order chi connectivity index (χ0) is 13.7.